The minimum absolute atomic E-state index is 0.0143. The standard InChI is InChI=1S/C9H13FN3O7P/c10-8(20-21(16,17)18)7-4(14)3-6(19-7)13-2-1-5(11)12-9(13)15/h1-2,4,6-8,14H,3H2,(H2,11,12,15)(H2,16,17,18)/t4-,6+,7-,8?/m0/s1. The first-order chi connectivity index (χ1) is 9.67. The Bertz CT molecular complexity index is 620. The van der Waals surface area contributed by atoms with Gasteiger partial charge in [-0.05, 0) is 6.07 Å². The van der Waals surface area contributed by atoms with Gasteiger partial charge in [0.25, 0.3) is 0 Å². The molecule has 0 aromatic carbocycles. The third-order valence-electron chi connectivity index (χ3n) is 2.79. The topological polar surface area (TPSA) is 157 Å². The summed E-state index contributed by atoms with van der Waals surface area (Å²) >= 11 is 0. The molecule has 1 unspecified atom stereocenters. The van der Waals surface area contributed by atoms with Crippen molar-refractivity contribution < 1.29 is 33.1 Å². The largest absolute Gasteiger partial charge is 0.472 e. The predicted octanol–water partition coefficient (Wildman–Crippen LogP) is -1.12. The monoisotopic (exact) mass is 325 g/mol. The van der Waals surface area contributed by atoms with Crippen LogP contribution in [-0.4, -0.2) is 43.0 Å². The molecular formula is C9H13FN3O7P. The molecule has 10 nitrogen and oxygen atoms in total. The van der Waals surface area contributed by atoms with Crippen molar-refractivity contribution in [2.75, 3.05) is 5.73 Å². The molecule has 1 aliphatic rings. The Balaban J connectivity index is 2.14. The molecule has 21 heavy (non-hydrogen) atoms. The third kappa shape index (κ3) is 3.84. The average Bonchev–Trinajstić information content (AvgIpc) is 2.68. The molecule has 0 amide bonds. The van der Waals surface area contributed by atoms with E-state index in [0.29, 0.717) is 0 Å². The number of nitrogens with two attached hydrogens (primary N) is 1. The van der Waals surface area contributed by atoms with E-state index in [2.05, 4.69) is 9.51 Å². The smallest absolute Gasteiger partial charge is 0.390 e. The average molecular weight is 325 g/mol. The number of phosphoric ester groups is 1. The van der Waals surface area contributed by atoms with Crippen LogP contribution in [0.3, 0.4) is 0 Å². The number of phosphoric acid groups is 1. The van der Waals surface area contributed by atoms with Gasteiger partial charge in [-0.15, -0.1) is 0 Å². The second-order valence-corrected chi connectivity index (χ2v) is 5.54. The summed E-state index contributed by atoms with van der Waals surface area (Å²) in [5.74, 6) is -0.0143. The van der Waals surface area contributed by atoms with E-state index in [4.69, 9.17) is 20.3 Å². The fourth-order valence-corrected chi connectivity index (χ4v) is 2.30. The zero-order chi connectivity index (χ0) is 15.8. The number of aliphatic hydroxyl groups excluding tert-OH is 1. The van der Waals surface area contributed by atoms with Crippen molar-refractivity contribution >= 4 is 13.6 Å². The molecule has 1 aromatic heterocycles. The zero-order valence-electron chi connectivity index (χ0n) is 10.4. The number of rotatable bonds is 4. The van der Waals surface area contributed by atoms with E-state index in [0.717, 1.165) is 4.57 Å². The minimum atomic E-state index is -5.07. The Labute approximate surface area is 117 Å². The number of hydrogen-bond acceptors (Lipinski definition) is 7. The maximum Gasteiger partial charge on any atom is 0.472 e. The van der Waals surface area contributed by atoms with Crippen LogP contribution in [0.2, 0.25) is 0 Å². The Morgan fingerprint density at radius 1 is 1.62 bits per heavy atom. The molecule has 1 aromatic rings. The van der Waals surface area contributed by atoms with Gasteiger partial charge < -0.3 is 25.4 Å². The number of halogens is 1. The van der Waals surface area contributed by atoms with Gasteiger partial charge in [0.2, 0.25) is 6.36 Å². The highest BCUT2D eigenvalue weighted by atomic mass is 31.2. The predicted molar refractivity (Wildman–Crippen MR) is 65.5 cm³/mol. The Kier molecular flexibility index (Phi) is 4.42. The van der Waals surface area contributed by atoms with Gasteiger partial charge in [0.15, 0.2) is 0 Å². The normalized spacial score (nSPS) is 27.7. The van der Waals surface area contributed by atoms with E-state index >= 15 is 0 Å². The van der Waals surface area contributed by atoms with Gasteiger partial charge in [-0.1, -0.05) is 0 Å². The highest BCUT2D eigenvalue weighted by Gasteiger charge is 2.43. The summed E-state index contributed by atoms with van der Waals surface area (Å²) in [5, 5.41) is 9.67. The number of nitrogen functional groups attached to an aromatic ring is 1. The van der Waals surface area contributed by atoms with Gasteiger partial charge in [0.05, 0.1) is 6.10 Å². The molecule has 0 aliphatic carbocycles. The molecular weight excluding hydrogens is 312 g/mol. The van der Waals surface area contributed by atoms with Crippen LogP contribution in [0.15, 0.2) is 17.1 Å². The summed E-state index contributed by atoms with van der Waals surface area (Å²) < 4.78 is 34.0. The van der Waals surface area contributed by atoms with Crippen LogP contribution < -0.4 is 11.4 Å². The van der Waals surface area contributed by atoms with E-state index in [1.54, 1.807) is 0 Å². The highest BCUT2D eigenvalue weighted by Crippen LogP contribution is 2.41. The van der Waals surface area contributed by atoms with Crippen LogP contribution in [0, 0.1) is 0 Å². The quantitative estimate of drug-likeness (QED) is 0.503. The van der Waals surface area contributed by atoms with Crippen molar-refractivity contribution in [1.82, 2.24) is 9.55 Å². The number of anilines is 1. The van der Waals surface area contributed by atoms with E-state index < -0.39 is 38.3 Å². The van der Waals surface area contributed by atoms with Crippen LogP contribution in [0.1, 0.15) is 12.6 Å². The van der Waals surface area contributed by atoms with Crippen molar-refractivity contribution in [3.8, 4) is 0 Å². The molecule has 12 heteroatoms. The number of aliphatic hydroxyl groups is 1. The van der Waals surface area contributed by atoms with Gasteiger partial charge in [0.1, 0.15) is 18.1 Å². The number of nitrogens with zero attached hydrogens (tertiary/aromatic N) is 2. The molecule has 2 rings (SSSR count). The second kappa shape index (κ2) is 5.79. The van der Waals surface area contributed by atoms with Crippen LogP contribution >= 0.6 is 7.82 Å². The number of ether oxygens (including phenoxy) is 1. The molecule has 0 saturated carbocycles. The lowest BCUT2D eigenvalue weighted by molar-refractivity contribution is -0.126. The maximum atomic E-state index is 13.6. The van der Waals surface area contributed by atoms with Crippen molar-refractivity contribution in [3.63, 3.8) is 0 Å². The fourth-order valence-electron chi connectivity index (χ4n) is 1.92. The van der Waals surface area contributed by atoms with Crippen molar-refractivity contribution in [2.24, 2.45) is 0 Å². The summed E-state index contributed by atoms with van der Waals surface area (Å²) in [6.07, 6.45) is -5.59. The summed E-state index contributed by atoms with van der Waals surface area (Å²) in [6.45, 7) is 0. The maximum absolute atomic E-state index is 13.6. The first-order valence-corrected chi connectivity index (χ1v) is 7.26. The first kappa shape index (κ1) is 16.0. The molecule has 1 saturated heterocycles. The zero-order valence-corrected chi connectivity index (χ0v) is 11.3. The summed E-state index contributed by atoms with van der Waals surface area (Å²) in [5.41, 5.74) is 4.55. The molecule has 1 fully saturated rings. The van der Waals surface area contributed by atoms with Crippen molar-refractivity contribution in [2.45, 2.75) is 31.2 Å². The summed E-state index contributed by atoms with van der Waals surface area (Å²) in [7, 11) is -5.07. The second-order valence-electron chi connectivity index (χ2n) is 4.35. The molecule has 118 valence electrons. The van der Waals surface area contributed by atoms with E-state index in [-0.39, 0.29) is 12.2 Å². The number of hydrogen-bond donors (Lipinski definition) is 4. The van der Waals surface area contributed by atoms with Gasteiger partial charge in [-0.3, -0.25) is 4.57 Å². The molecule has 5 N–H and O–H groups in total. The molecule has 1 aliphatic heterocycles. The summed E-state index contributed by atoms with van der Waals surface area (Å²) in [6, 6.07) is 1.31. The van der Waals surface area contributed by atoms with Crippen LogP contribution in [0.25, 0.3) is 0 Å². The van der Waals surface area contributed by atoms with Gasteiger partial charge >= 0.3 is 13.5 Å². The van der Waals surface area contributed by atoms with E-state index in [1.165, 1.54) is 12.3 Å². The molecule has 0 radical (unpaired) electrons. The van der Waals surface area contributed by atoms with Gasteiger partial charge in [-0.25, -0.2) is 18.3 Å². The lowest BCUT2D eigenvalue weighted by Crippen LogP contribution is -2.33. The van der Waals surface area contributed by atoms with Crippen LogP contribution in [-0.2, 0) is 13.8 Å². The third-order valence-corrected chi connectivity index (χ3v) is 3.27. The van der Waals surface area contributed by atoms with Crippen molar-refractivity contribution in [1.29, 1.82) is 0 Å². The summed E-state index contributed by atoms with van der Waals surface area (Å²) in [4.78, 5) is 32.1. The number of aromatic nitrogens is 2. The Morgan fingerprint density at radius 3 is 2.86 bits per heavy atom. The lowest BCUT2D eigenvalue weighted by Gasteiger charge is -2.19. The van der Waals surface area contributed by atoms with Crippen LogP contribution in [0.5, 0.6) is 0 Å². The molecule has 4 atom stereocenters. The van der Waals surface area contributed by atoms with E-state index in [9.17, 15) is 18.9 Å². The Morgan fingerprint density at radius 2 is 2.29 bits per heavy atom. The first-order valence-electron chi connectivity index (χ1n) is 5.73. The highest BCUT2D eigenvalue weighted by molar-refractivity contribution is 7.46. The van der Waals surface area contributed by atoms with Crippen molar-refractivity contribution in [3.05, 3.63) is 22.7 Å². The lowest BCUT2D eigenvalue weighted by atomic mass is 10.2. The van der Waals surface area contributed by atoms with Gasteiger partial charge in [-0.2, -0.15) is 4.98 Å². The Hall–Kier alpha value is -1.36. The number of alkyl halides is 1. The SMILES string of the molecule is Nc1ccn([C@H]2C[C@H](O)[C@@H](C(F)OP(=O)(O)O)O2)c(=O)n1. The molecule has 2 heterocycles. The molecule has 0 bridgehead atoms. The van der Waals surface area contributed by atoms with Gasteiger partial charge in [0, 0.05) is 12.6 Å². The fraction of sp³-hybridized carbons (Fsp3) is 0.556. The van der Waals surface area contributed by atoms with E-state index in [1.807, 2.05) is 0 Å². The van der Waals surface area contributed by atoms with Crippen LogP contribution in [0.4, 0.5) is 10.2 Å². The minimum Gasteiger partial charge on any atom is -0.390 e. The molecule has 0 spiro atoms.